The van der Waals surface area contributed by atoms with Crippen LogP contribution < -0.4 is 10.7 Å². The van der Waals surface area contributed by atoms with Crippen molar-refractivity contribution in [2.24, 2.45) is 30.9 Å². The first kappa shape index (κ1) is 17.4. The normalized spacial score (nSPS) is 11.9. The number of fused-ring (bicyclic) bond motifs is 2. The molecule has 2 aliphatic rings. The van der Waals surface area contributed by atoms with Gasteiger partial charge in [-0.3, -0.25) is 0 Å². The molecule has 2 heterocycles. The average Bonchev–Trinajstić information content (AvgIpc) is 2.87. The Morgan fingerprint density at radius 3 is 2.33 bits per heavy atom. The van der Waals surface area contributed by atoms with Crippen molar-refractivity contribution in [1.29, 1.82) is 0 Å². The van der Waals surface area contributed by atoms with E-state index in [0.717, 1.165) is 16.6 Å². The molecule has 0 spiro atoms. The van der Waals surface area contributed by atoms with Gasteiger partial charge in [0, 0.05) is 63.9 Å². The summed E-state index contributed by atoms with van der Waals surface area (Å²) in [7, 11) is 0. The smallest absolute Gasteiger partial charge is 0.00872 e. The minimum Gasteiger partial charge on any atom is -0.195 e. The van der Waals surface area contributed by atoms with Crippen molar-refractivity contribution < 1.29 is 41.9 Å². The molecule has 0 saturated heterocycles. The van der Waals surface area contributed by atoms with Crippen molar-refractivity contribution in [1.82, 2.24) is 0 Å². The maximum Gasteiger partial charge on any atom is 0.00872 e. The van der Waals surface area contributed by atoms with Crippen LogP contribution in [-0.2, 0) is 41.9 Å². The molecular formula is C10H11AgN6Zn-. The van der Waals surface area contributed by atoms with Crippen LogP contribution in [0.15, 0.2) is 30.9 Å². The molecule has 0 unspecified atom stereocenters. The van der Waals surface area contributed by atoms with Crippen molar-refractivity contribution in [2.75, 3.05) is 0 Å². The minimum atomic E-state index is 0. The summed E-state index contributed by atoms with van der Waals surface area (Å²) in [6.45, 7) is 6.14. The summed E-state index contributed by atoms with van der Waals surface area (Å²) in [5.41, 5.74) is 2.24. The van der Waals surface area contributed by atoms with Gasteiger partial charge in [-0.25, -0.2) is 0 Å². The fraction of sp³-hybridized carbons (Fsp3) is 0.400. The molecule has 1 aromatic carbocycles. The van der Waals surface area contributed by atoms with Crippen LogP contribution in [0, 0.1) is 13.0 Å². The molecule has 0 atom stereocenters. The molecule has 0 N–H and O–H groups in total. The van der Waals surface area contributed by atoms with Crippen LogP contribution in [0.4, 0.5) is 11.4 Å². The van der Waals surface area contributed by atoms with Gasteiger partial charge in [0.25, 0.3) is 0 Å². The third kappa shape index (κ3) is 3.23. The molecule has 95 valence electrons. The number of benzene rings is 1. The number of nitrogens with zero attached hydrogens (tertiary/aromatic N) is 6. The molecule has 1 aromatic rings. The van der Waals surface area contributed by atoms with Gasteiger partial charge in [0.1, 0.15) is 0 Å². The third-order valence-electron chi connectivity index (χ3n) is 1.97. The van der Waals surface area contributed by atoms with Crippen LogP contribution in [0.1, 0.15) is 25.8 Å². The summed E-state index contributed by atoms with van der Waals surface area (Å²) in [5.74, 6) is 0. The summed E-state index contributed by atoms with van der Waals surface area (Å²) in [6, 6.07) is 2.94. The summed E-state index contributed by atoms with van der Waals surface area (Å²) >= 11 is 0. The van der Waals surface area contributed by atoms with E-state index in [2.05, 4.69) is 50.8 Å². The maximum atomic E-state index is 3.86. The van der Waals surface area contributed by atoms with Crippen molar-refractivity contribution in [2.45, 2.75) is 27.2 Å². The summed E-state index contributed by atoms with van der Waals surface area (Å²) in [5, 5.41) is 23.8. The largest absolute Gasteiger partial charge is 0.195 e. The second kappa shape index (κ2) is 7.74. The minimum absolute atomic E-state index is 0. The van der Waals surface area contributed by atoms with Gasteiger partial charge in [0.2, 0.25) is 0 Å². The van der Waals surface area contributed by atoms with E-state index in [1.165, 1.54) is 6.42 Å². The summed E-state index contributed by atoms with van der Waals surface area (Å²) < 4.78 is 0. The molecule has 18 heavy (non-hydrogen) atoms. The Morgan fingerprint density at radius 2 is 1.67 bits per heavy atom. The Balaban J connectivity index is 0.000000533. The molecule has 2 aliphatic heterocycles. The summed E-state index contributed by atoms with van der Waals surface area (Å²) in [6.07, 6.45) is 1.25. The first-order valence-corrected chi connectivity index (χ1v) is 5.11. The Bertz CT molecular complexity index is 595. The first-order valence-electron chi connectivity index (χ1n) is 5.11. The topological polar surface area (TPSA) is 74.2 Å². The van der Waals surface area contributed by atoms with Crippen LogP contribution in [0.5, 0.6) is 0 Å². The second-order valence-corrected chi connectivity index (χ2v) is 3.43. The van der Waals surface area contributed by atoms with E-state index in [-0.39, 0.29) is 41.9 Å². The molecule has 0 bridgehead atoms. The van der Waals surface area contributed by atoms with Crippen LogP contribution >= 0.6 is 0 Å². The molecule has 0 amide bonds. The molecule has 0 saturated carbocycles. The third-order valence-corrected chi connectivity index (χ3v) is 1.97. The van der Waals surface area contributed by atoms with E-state index >= 15 is 0 Å². The monoisotopic (exact) mass is 386 g/mol. The van der Waals surface area contributed by atoms with Gasteiger partial charge in [-0.2, -0.15) is 20.4 Å². The number of hydrogen-bond donors (Lipinski definition) is 0. The SMILES string of the molecule is CCC.Cc1c2c([c-]c3c1=NN=N3)=NN=N2.[Ag].[Zn]. The van der Waals surface area contributed by atoms with Crippen LogP contribution in [0.2, 0.25) is 0 Å². The molecule has 0 aromatic heterocycles. The molecular weight excluding hydrogens is 377 g/mol. The van der Waals surface area contributed by atoms with E-state index < -0.39 is 0 Å². The van der Waals surface area contributed by atoms with Gasteiger partial charge < -0.3 is 0 Å². The second-order valence-electron chi connectivity index (χ2n) is 3.43. The first-order chi connectivity index (χ1) is 7.77. The zero-order chi connectivity index (χ0) is 11.5. The average molecular weight is 388 g/mol. The van der Waals surface area contributed by atoms with Gasteiger partial charge in [-0.15, -0.1) is 11.6 Å². The van der Waals surface area contributed by atoms with E-state index in [1.54, 1.807) is 0 Å². The Hall–Kier alpha value is -0.616. The maximum absolute atomic E-state index is 3.86. The standard InChI is InChI=1S/C7H3N6.C3H8.Ag.Zn/c1-3-6-4(8-12-10-6)2-5-7(3)11-13-9-5;1-3-2;;/h1H3;3H2,1-2H3;;/q-1;;;. The van der Waals surface area contributed by atoms with E-state index in [4.69, 9.17) is 0 Å². The van der Waals surface area contributed by atoms with Crippen LogP contribution in [0.25, 0.3) is 0 Å². The number of hydrogen-bond acceptors (Lipinski definition) is 6. The van der Waals surface area contributed by atoms with Gasteiger partial charge in [0.05, 0.1) is 0 Å². The van der Waals surface area contributed by atoms with E-state index in [0.29, 0.717) is 11.0 Å². The van der Waals surface area contributed by atoms with Gasteiger partial charge in [-0.1, -0.05) is 37.6 Å². The predicted octanol–water partition coefficient (Wildman–Crippen LogP) is 2.47. The number of rotatable bonds is 0. The molecule has 3 rings (SSSR count). The van der Waals surface area contributed by atoms with Gasteiger partial charge >= 0.3 is 0 Å². The zero-order valence-corrected chi connectivity index (χ0v) is 14.8. The molecule has 1 radical (unpaired) electrons. The van der Waals surface area contributed by atoms with Crippen molar-refractivity contribution in [3.8, 4) is 0 Å². The van der Waals surface area contributed by atoms with Crippen LogP contribution in [-0.4, -0.2) is 0 Å². The van der Waals surface area contributed by atoms with Gasteiger partial charge in [0.15, 0.2) is 0 Å². The Morgan fingerprint density at radius 1 is 1.06 bits per heavy atom. The molecule has 8 heteroatoms. The van der Waals surface area contributed by atoms with Crippen LogP contribution in [0.3, 0.4) is 0 Å². The quantitative estimate of drug-likeness (QED) is 0.484. The van der Waals surface area contributed by atoms with E-state index in [9.17, 15) is 0 Å². The van der Waals surface area contributed by atoms with Gasteiger partial charge in [-0.05, 0) is 0 Å². The van der Waals surface area contributed by atoms with Crippen molar-refractivity contribution in [3.05, 3.63) is 22.3 Å². The Kier molecular flexibility index (Phi) is 7.47. The molecule has 6 nitrogen and oxygen atoms in total. The fourth-order valence-corrected chi connectivity index (χ4v) is 1.31. The summed E-state index contributed by atoms with van der Waals surface area (Å²) in [4.78, 5) is 0. The Labute approximate surface area is 133 Å². The molecule has 0 fully saturated rings. The van der Waals surface area contributed by atoms with E-state index in [1.807, 2.05) is 6.92 Å². The van der Waals surface area contributed by atoms with Crippen molar-refractivity contribution in [3.63, 3.8) is 0 Å². The van der Waals surface area contributed by atoms with Crippen molar-refractivity contribution >= 4 is 11.4 Å². The predicted molar refractivity (Wildman–Crippen MR) is 57.3 cm³/mol. The fourth-order valence-electron chi connectivity index (χ4n) is 1.31. The zero-order valence-electron chi connectivity index (χ0n) is 10.4. The molecule has 0 aliphatic carbocycles.